The molecule has 5 heteroatoms. The molecule has 26 heavy (non-hydrogen) atoms. The normalized spacial score (nSPS) is 24.1. The van der Waals surface area contributed by atoms with Gasteiger partial charge in [-0.3, -0.25) is 4.98 Å². The number of nitrogens with one attached hydrogen (secondary N) is 1. The molecule has 4 nitrogen and oxygen atoms in total. The van der Waals surface area contributed by atoms with Gasteiger partial charge in [-0.05, 0) is 49.1 Å². The van der Waals surface area contributed by atoms with Crippen LogP contribution in [0.15, 0.2) is 48.8 Å². The van der Waals surface area contributed by atoms with E-state index in [1.807, 2.05) is 24.5 Å². The highest BCUT2D eigenvalue weighted by atomic mass is 35.5. The highest BCUT2D eigenvalue weighted by molar-refractivity contribution is 6.33. The molecule has 1 N–H and O–H groups in total. The molecule has 2 saturated heterocycles. The Balaban J connectivity index is 1.30. The van der Waals surface area contributed by atoms with Crippen molar-refractivity contribution >= 4 is 17.3 Å². The Kier molecular flexibility index (Phi) is 5.73. The van der Waals surface area contributed by atoms with Crippen molar-refractivity contribution in [3.8, 4) is 0 Å². The third-order valence-electron chi connectivity index (χ3n) is 5.58. The van der Waals surface area contributed by atoms with E-state index < -0.39 is 0 Å². The van der Waals surface area contributed by atoms with Gasteiger partial charge in [-0.2, -0.15) is 0 Å². The van der Waals surface area contributed by atoms with E-state index in [1.54, 1.807) is 0 Å². The van der Waals surface area contributed by atoms with Gasteiger partial charge < -0.3 is 15.0 Å². The molecular weight excluding hydrogens is 346 g/mol. The summed E-state index contributed by atoms with van der Waals surface area (Å²) in [6.07, 6.45) is 7.09. The molecule has 0 aliphatic carbocycles. The lowest BCUT2D eigenvalue weighted by atomic mass is 9.93. The summed E-state index contributed by atoms with van der Waals surface area (Å²) in [5.74, 6) is 0.541. The summed E-state index contributed by atoms with van der Waals surface area (Å²) in [4.78, 5) is 6.51. The number of pyridine rings is 1. The van der Waals surface area contributed by atoms with E-state index in [4.69, 9.17) is 16.3 Å². The quantitative estimate of drug-likeness (QED) is 0.872. The van der Waals surface area contributed by atoms with E-state index in [2.05, 4.69) is 39.5 Å². The molecule has 2 aliphatic heterocycles. The van der Waals surface area contributed by atoms with Gasteiger partial charge in [-0.1, -0.05) is 23.7 Å². The van der Waals surface area contributed by atoms with Crippen LogP contribution in [0.25, 0.3) is 0 Å². The lowest BCUT2D eigenvalue weighted by Crippen LogP contribution is -2.48. The summed E-state index contributed by atoms with van der Waals surface area (Å²) in [5.41, 5.74) is 2.50. The van der Waals surface area contributed by atoms with Gasteiger partial charge in [0.1, 0.15) is 0 Å². The molecule has 1 aromatic heterocycles. The fourth-order valence-electron chi connectivity index (χ4n) is 4.10. The van der Waals surface area contributed by atoms with E-state index in [1.165, 1.54) is 5.56 Å². The first-order valence-electron chi connectivity index (χ1n) is 9.52. The standard InChI is InChI=1S/C21H26ClN3O/c22-19-3-1-2-4-21(19)25-11-7-18(8-12-25)24-20-15-26-14-17(20)13-16-5-9-23-10-6-16/h1-6,9-10,17-18,20,24H,7-8,11-15H2/t17-,20+/m1/s1. The Morgan fingerprint density at radius 3 is 2.62 bits per heavy atom. The van der Waals surface area contributed by atoms with E-state index in [-0.39, 0.29) is 0 Å². The van der Waals surface area contributed by atoms with E-state index in [9.17, 15) is 0 Å². The molecule has 0 radical (unpaired) electrons. The monoisotopic (exact) mass is 371 g/mol. The molecule has 2 atom stereocenters. The SMILES string of the molecule is Clc1ccccc1N1CCC(N[C@H]2COC[C@H]2Cc2ccncc2)CC1. The topological polar surface area (TPSA) is 37.4 Å². The predicted octanol–water partition coefficient (Wildman–Crippen LogP) is 3.55. The fourth-order valence-corrected chi connectivity index (χ4v) is 4.36. The van der Waals surface area contributed by atoms with Gasteiger partial charge in [0.15, 0.2) is 0 Å². The Morgan fingerprint density at radius 1 is 1.08 bits per heavy atom. The summed E-state index contributed by atoms with van der Waals surface area (Å²) in [6, 6.07) is 13.4. The molecule has 0 spiro atoms. The van der Waals surface area contributed by atoms with Crippen LogP contribution in [-0.4, -0.2) is 43.4 Å². The number of piperidine rings is 1. The summed E-state index contributed by atoms with van der Waals surface area (Å²) < 4.78 is 5.78. The van der Waals surface area contributed by atoms with Crippen molar-refractivity contribution in [3.63, 3.8) is 0 Å². The molecule has 0 bridgehead atoms. The first kappa shape index (κ1) is 17.8. The second kappa shape index (κ2) is 8.38. The number of benzene rings is 1. The van der Waals surface area contributed by atoms with Crippen molar-refractivity contribution in [1.29, 1.82) is 0 Å². The molecule has 0 unspecified atom stereocenters. The molecule has 138 valence electrons. The minimum absolute atomic E-state index is 0.444. The molecule has 2 aliphatic rings. The maximum absolute atomic E-state index is 6.35. The summed E-state index contributed by atoms with van der Waals surface area (Å²) >= 11 is 6.35. The number of nitrogens with zero attached hydrogens (tertiary/aromatic N) is 2. The number of halogens is 1. The number of rotatable bonds is 5. The van der Waals surface area contributed by atoms with Crippen LogP contribution in [0, 0.1) is 5.92 Å². The number of hydrogen-bond acceptors (Lipinski definition) is 4. The van der Waals surface area contributed by atoms with Crippen LogP contribution in [0.5, 0.6) is 0 Å². The Bertz CT molecular complexity index is 703. The largest absolute Gasteiger partial charge is 0.379 e. The third kappa shape index (κ3) is 4.20. The summed E-state index contributed by atoms with van der Waals surface area (Å²) in [5, 5.41) is 4.72. The number of ether oxygens (including phenoxy) is 1. The maximum atomic E-state index is 6.35. The van der Waals surface area contributed by atoms with Crippen LogP contribution in [-0.2, 0) is 11.2 Å². The predicted molar refractivity (Wildman–Crippen MR) is 106 cm³/mol. The van der Waals surface area contributed by atoms with Gasteiger partial charge in [0.05, 0.1) is 23.9 Å². The minimum Gasteiger partial charge on any atom is -0.379 e. The van der Waals surface area contributed by atoms with Gasteiger partial charge in [0.25, 0.3) is 0 Å². The van der Waals surface area contributed by atoms with E-state index >= 15 is 0 Å². The van der Waals surface area contributed by atoms with Crippen LogP contribution in [0.4, 0.5) is 5.69 Å². The molecule has 1 aromatic carbocycles. The second-order valence-electron chi connectivity index (χ2n) is 7.34. The number of anilines is 1. The zero-order valence-electron chi connectivity index (χ0n) is 15.0. The zero-order valence-corrected chi connectivity index (χ0v) is 15.7. The first-order valence-corrected chi connectivity index (χ1v) is 9.89. The van der Waals surface area contributed by atoms with Crippen molar-refractivity contribution < 1.29 is 4.74 Å². The van der Waals surface area contributed by atoms with Gasteiger partial charge in [-0.25, -0.2) is 0 Å². The lowest BCUT2D eigenvalue weighted by molar-refractivity contribution is 0.181. The van der Waals surface area contributed by atoms with Gasteiger partial charge in [0.2, 0.25) is 0 Å². The fraction of sp³-hybridized carbons (Fsp3) is 0.476. The van der Waals surface area contributed by atoms with Crippen molar-refractivity contribution in [2.24, 2.45) is 5.92 Å². The molecule has 4 rings (SSSR count). The Hall–Kier alpha value is -1.62. The smallest absolute Gasteiger partial charge is 0.0639 e. The third-order valence-corrected chi connectivity index (χ3v) is 5.90. The Morgan fingerprint density at radius 2 is 1.85 bits per heavy atom. The van der Waals surface area contributed by atoms with Crippen molar-refractivity contribution in [2.75, 3.05) is 31.2 Å². The molecule has 2 aromatic rings. The summed E-state index contributed by atoms with van der Waals surface area (Å²) in [6.45, 7) is 3.76. The van der Waals surface area contributed by atoms with Crippen LogP contribution < -0.4 is 10.2 Å². The van der Waals surface area contributed by atoms with E-state index in [0.29, 0.717) is 18.0 Å². The van der Waals surface area contributed by atoms with Crippen LogP contribution in [0.1, 0.15) is 18.4 Å². The molecule has 3 heterocycles. The van der Waals surface area contributed by atoms with Crippen LogP contribution in [0.3, 0.4) is 0 Å². The zero-order chi connectivity index (χ0) is 17.8. The highest BCUT2D eigenvalue weighted by Crippen LogP contribution is 2.28. The van der Waals surface area contributed by atoms with Crippen LogP contribution >= 0.6 is 11.6 Å². The maximum Gasteiger partial charge on any atom is 0.0639 e. The minimum atomic E-state index is 0.444. The van der Waals surface area contributed by atoms with Crippen molar-refractivity contribution in [3.05, 3.63) is 59.4 Å². The molecule has 0 saturated carbocycles. The van der Waals surface area contributed by atoms with Crippen molar-refractivity contribution in [2.45, 2.75) is 31.3 Å². The molecule has 2 fully saturated rings. The number of hydrogen-bond donors (Lipinski definition) is 1. The van der Waals surface area contributed by atoms with Crippen molar-refractivity contribution in [1.82, 2.24) is 10.3 Å². The van der Waals surface area contributed by atoms with E-state index in [0.717, 1.165) is 56.3 Å². The van der Waals surface area contributed by atoms with Gasteiger partial charge in [-0.15, -0.1) is 0 Å². The molecular formula is C21H26ClN3O. The second-order valence-corrected chi connectivity index (χ2v) is 7.75. The lowest BCUT2D eigenvalue weighted by Gasteiger charge is -2.36. The average molecular weight is 372 g/mol. The van der Waals surface area contributed by atoms with Gasteiger partial charge in [0, 0.05) is 43.5 Å². The first-order chi connectivity index (χ1) is 12.8. The van der Waals surface area contributed by atoms with Gasteiger partial charge >= 0.3 is 0 Å². The Labute approximate surface area is 160 Å². The number of aromatic nitrogens is 1. The van der Waals surface area contributed by atoms with Crippen LogP contribution in [0.2, 0.25) is 5.02 Å². The molecule has 0 amide bonds. The number of para-hydroxylation sites is 1. The summed E-state index contributed by atoms with van der Waals surface area (Å²) in [7, 11) is 0. The average Bonchev–Trinajstić information content (AvgIpc) is 3.10. The highest BCUT2D eigenvalue weighted by Gasteiger charge is 2.31.